The Morgan fingerprint density at radius 2 is 2.05 bits per heavy atom. The van der Waals surface area contributed by atoms with E-state index in [1.165, 1.54) is 18.5 Å². The number of rotatable bonds is 2. The lowest BCUT2D eigenvalue weighted by Crippen LogP contribution is -2.18. The first-order valence-electron chi connectivity index (χ1n) is 7.34. The van der Waals surface area contributed by atoms with Crippen molar-refractivity contribution in [3.8, 4) is 11.4 Å². The van der Waals surface area contributed by atoms with Gasteiger partial charge in [-0.1, -0.05) is 0 Å². The van der Waals surface area contributed by atoms with E-state index in [4.69, 9.17) is 0 Å². The van der Waals surface area contributed by atoms with Crippen molar-refractivity contribution in [2.45, 2.75) is 19.8 Å². The number of hydrogen-bond donors (Lipinski definition) is 1. The van der Waals surface area contributed by atoms with E-state index in [0.717, 1.165) is 41.3 Å². The first kappa shape index (κ1) is 12.3. The number of pyridine rings is 2. The minimum atomic E-state index is 0.788. The van der Waals surface area contributed by atoms with Crippen LogP contribution in [0.5, 0.6) is 0 Å². The smallest absolute Gasteiger partial charge is 0.180 e. The van der Waals surface area contributed by atoms with E-state index >= 15 is 0 Å². The lowest BCUT2D eigenvalue weighted by Gasteiger charge is -2.18. The fraction of sp³-hybridized carbons (Fsp3) is 0.312. The number of imidazole rings is 1. The number of nitrogens with one attached hydrogen (secondary N) is 1. The number of aromatic nitrogens is 4. The average Bonchev–Trinajstić information content (AvgIpc) is 3.16. The van der Waals surface area contributed by atoms with Crippen molar-refractivity contribution in [1.29, 1.82) is 0 Å². The van der Waals surface area contributed by atoms with Gasteiger partial charge in [0.15, 0.2) is 5.65 Å². The second kappa shape index (κ2) is 4.84. The van der Waals surface area contributed by atoms with Crippen molar-refractivity contribution in [2.24, 2.45) is 0 Å². The molecule has 0 spiro atoms. The van der Waals surface area contributed by atoms with E-state index < -0.39 is 0 Å². The molecule has 4 rings (SSSR count). The number of anilines is 1. The van der Waals surface area contributed by atoms with Crippen LogP contribution in [-0.4, -0.2) is 33.0 Å². The molecule has 0 aliphatic carbocycles. The highest BCUT2D eigenvalue weighted by atomic mass is 15.2. The van der Waals surface area contributed by atoms with Gasteiger partial charge in [0.1, 0.15) is 11.3 Å². The van der Waals surface area contributed by atoms with Crippen LogP contribution in [0.15, 0.2) is 30.6 Å². The van der Waals surface area contributed by atoms with Crippen molar-refractivity contribution in [3.63, 3.8) is 0 Å². The largest absolute Gasteiger partial charge is 0.370 e. The van der Waals surface area contributed by atoms with Gasteiger partial charge in [-0.05, 0) is 38.0 Å². The Labute approximate surface area is 123 Å². The molecular formula is C16H17N5. The van der Waals surface area contributed by atoms with E-state index in [-0.39, 0.29) is 0 Å². The Kier molecular flexibility index (Phi) is 2.84. The molecule has 1 saturated heterocycles. The zero-order chi connectivity index (χ0) is 14.2. The van der Waals surface area contributed by atoms with Gasteiger partial charge >= 0.3 is 0 Å². The van der Waals surface area contributed by atoms with Gasteiger partial charge in [0.05, 0.1) is 5.69 Å². The maximum Gasteiger partial charge on any atom is 0.180 e. The minimum Gasteiger partial charge on any atom is -0.370 e. The van der Waals surface area contributed by atoms with Crippen molar-refractivity contribution in [1.82, 2.24) is 19.9 Å². The van der Waals surface area contributed by atoms with E-state index in [1.807, 2.05) is 25.3 Å². The molecule has 0 amide bonds. The van der Waals surface area contributed by atoms with Crippen LogP contribution in [0.4, 0.5) is 5.69 Å². The molecule has 1 fully saturated rings. The number of H-pyrrole nitrogens is 1. The Hall–Kier alpha value is -2.43. The van der Waals surface area contributed by atoms with Crippen LogP contribution in [0.3, 0.4) is 0 Å². The third kappa shape index (κ3) is 2.14. The summed E-state index contributed by atoms with van der Waals surface area (Å²) >= 11 is 0. The first-order valence-corrected chi connectivity index (χ1v) is 7.34. The summed E-state index contributed by atoms with van der Waals surface area (Å²) in [5.41, 5.74) is 5.03. The summed E-state index contributed by atoms with van der Waals surface area (Å²) in [6.07, 6.45) is 6.10. The fourth-order valence-electron chi connectivity index (χ4n) is 2.94. The van der Waals surface area contributed by atoms with E-state index in [1.54, 1.807) is 6.20 Å². The quantitative estimate of drug-likeness (QED) is 0.783. The highest BCUT2D eigenvalue weighted by Gasteiger charge is 2.18. The summed E-state index contributed by atoms with van der Waals surface area (Å²) in [6, 6.07) is 6.08. The fourth-order valence-corrected chi connectivity index (χ4v) is 2.94. The number of hydrogen-bond acceptors (Lipinski definition) is 4. The lowest BCUT2D eigenvalue weighted by molar-refractivity contribution is 0.949. The summed E-state index contributed by atoms with van der Waals surface area (Å²) in [4.78, 5) is 19.2. The van der Waals surface area contributed by atoms with Gasteiger partial charge in [0.2, 0.25) is 0 Å². The molecule has 1 aliphatic heterocycles. The van der Waals surface area contributed by atoms with Gasteiger partial charge in [-0.3, -0.25) is 4.98 Å². The normalized spacial score (nSPS) is 15.0. The molecule has 0 bridgehead atoms. The zero-order valence-corrected chi connectivity index (χ0v) is 12.0. The van der Waals surface area contributed by atoms with Gasteiger partial charge in [-0.25, -0.2) is 9.97 Å². The van der Waals surface area contributed by atoms with Crippen LogP contribution in [0.1, 0.15) is 18.5 Å². The molecule has 21 heavy (non-hydrogen) atoms. The predicted octanol–water partition coefficient (Wildman–Crippen LogP) is 2.93. The number of fused-ring (bicyclic) bond motifs is 1. The van der Waals surface area contributed by atoms with Crippen molar-refractivity contribution in [2.75, 3.05) is 18.0 Å². The number of aryl methyl sites for hydroxylation is 1. The van der Waals surface area contributed by atoms with Gasteiger partial charge in [-0.15, -0.1) is 0 Å². The third-order valence-corrected chi connectivity index (χ3v) is 3.95. The average molecular weight is 279 g/mol. The van der Waals surface area contributed by atoms with Crippen molar-refractivity contribution in [3.05, 3.63) is 36.3 Å². The van der Waals surface area contributed by atoms with Crippen molar-refractivity contribution >= 4 is 16.9 Å². The molecule has 0 radical (unpaired) electrons. The molecule has 1 aliphatic rings. The Balaban J connectivity index is 1.88. The number of aromatic amines is 1. The molecule has 3 aromatic rings. The third-order valence-electron chi connectivity index (χ3n) is 3.95. The molecule has 4 heterocycles. The molecule has 106 valence electrons. The predicted molar refractivity (Wildman–Crippen MR) is 83.3 cm³/mol. The number of nitrogens with zero attached hydrogens (tertiary/aromatic N) is 4. The highest BCUT2D eigenvalue weighted by Crippen LogP contribution is 2.30. The second-order valence-electron chi connectivity index (χ2n) is 5.50. The topological polar surface area (TPSA) is 57.7 Å². The molecule has 0 unspecified atom stereocenters. The summed E-state index contributed by atoms with van der Waals surface area (Å²) < 4.78 is 0. The first-order chi connectivity index (χ1) is 10.3. The molecule has 0 saturated carbocycles. The van der Waals surface area contributed by atoms with Crippen LogP contribution in [0, 0.1) is 6.92 Å². The summed E-state index contributed by atoms with van der Waals surface area (Å²) in [5, 5.41) is 0. The van der Waals surface area contributed by atoms with Crippen LogP contribution < -0.4 is 4.90 Å². The van der Waals surface area contributed by atoms with E-state index in [9.17, 15) is 0 Å². The molecule has 0 aromatic carbocycles. The van der Waals surface area contributed by atoms with Gasteiger partial charge in [0.25, 0.3) is 0 Å². The lowest BCUT2D eigenvalue weighted by atomic mass is 10.2. The molecule has 3 aromatic heterocycles. The SMILES string of the molecule is Cc1cc(N2CCCC2)c2[nH]c(-c3cccnc3)nc2n1. The maximum atomic E-state index is 4.64. The van der Waals surface area contributed by atoms with Crippen LogP contribution in [0.25, 0.3) is 22.6 Å². The van der Waals surface area contributed by atoms with E-state index in [2.05, 4.69) is 30.9 Å². The molecular weight excluding hydrogens is 262 g/mol. The zero-order valence-electron chi connectivity index (χ0n) is 12.0. The maximum absolute atomic E-state index is 4.64. The Morgan fingerprint density at radius 3 is 2.81 bits per heavy atom. The standard InChI is InChI=1S/C16H17N5/c1-11-9-13(21-7-2-3-8-21)14-16(18-11)20-15(19-14)12-5-4-6-17-10-12/h4-6,9-10H,2-3,7-8H2,1H3,(H,18,19,20). The van der Waals surface area contributed by atoms with E-state index in [0.29, 0.717) is 0 Å². The highest BCUT2D eigenvalue weighted by molar-refractivity contribution is 5.88. The summed E-state index contributed by atoms with van der Waals surface area (Å²) in [5.74, 6) is 0.830. The molecule has 0 atom stereocenters. The summed E-state index contributed by atoms with van der Waals surface area (Å²) in [7, 11) is 0. The minimum absolute atomic E-state index is 0.788. The molecule has 5 nitrogen and oxygen atoms in total. The van der Waals surface area contributed by atoms with Gasteiger partial charge in [0, 0.05) is 36.7 Å². The monoisotopic (exact) mass is 279 g/mol. The summed E-state index contributed by atoms with van der Waals surface area (Å²) in [6.45, 7) is 4.25. The van der Waals surface area contributed by atoms with Crippen LogP contribution in [-0.2, 0) is 0 Å². The Bertz CT molecular complexity index is 772. The van der Waals surface area contributed by atoms with Crippen LogP contribution >= 0.6 is 0 Å². The Morgan fingerprint density at radius 1 is 1.19 bits per heavy atom. The molecule has 1 N–H and O–H groups in total. The van der Waals surface area contributed by atoms with Gasteiger partial charge in [-0.2, -0.15) is 0 Å². The van der Waals surface area contributed by atoms with Crippen LogP contribution in [0.2, 0.25) is 0 Å². The second-order valence-corrected chi connectivity index (χ2v) is 5.50. The molecule has 5 heteroatoms. The van der Waals surface area contributed by atoms with Crippen molar-refractivity contribution < 1.29 is 0 Å². The van der Waals surface area contributed by atoms with Gasteiger partial charge < -0.3 is 9.88 Å².